The van der Waals surface area contributed by atoms with Gasteiger partial charge in [0.05, 0.1) is 10.7 Å². The number of para-hydroxylation sites is 1. The van der Waals surface area contributed by atoms with Gasteiger partial charge in [-0.2, -0.15) is 0 Å². The van der Waals surface area contributed by atoms with Crippen molar-refractivity contribution in [2.24, 2.45) is 17.8 Å². The second-order valence-corrected chi connectivity index (χ2v) is 15.0. The first-order valence-corrected chi connectivity index (χ1v) is 18.2. The van der Waals surface area contributed by atoms with E-state index in [4.69, 9.17) is 11.6 Å². The van der Waals surface area contributed by atoms with Crippen LogP contribution in [0.4, 0.5) is 21.5 Å². The van der Waals surface area contributed by atoms with Crippen molar-refractivity contribution >= 4 is 28.7 Å². The molecule has 3 aliphatic carbocycles. The van der Waals surface area contributed by atoms with Gasteiger partial charge in [0.15, 0.2) is 0 Å². The molecule has 0 aliphatic heterocycles. The van der Waals surface area contributed by atoms with Crippen LogP contribution in [-0.2, 0) is 5.41 Å². The zero-order valence-corrected chi connectivity index (χ0v) is 29.2. The van der Waals surface area contributed by atoms with Crippen molar-refractivity contribution < 1.29 is 4.39 Å². The third-order valence-corrected chi connectivity index (χ3v) is 11.9. The Morgan fingerprint density at radius 2 is 1.30 bits per heavy atom. The van der Waals surface area contributed by atoms with Gasteiger partial charge in [-0.15, -0.1) is 0 Å². The maximum absolute atomic E-state index is 17.2. The Bertz CT molecular complexity index is 2260. The average molecular weight is 672 g/mol. The molecule has 6 aromatic rings. The molecule has 0 N–H and O–H groups in total. The predicted octanol–water partition coefficient (Wildman–Crippen LogP) is 13.6. The van der Waals surface area contributed by atoms with Crippen LogP contribution in [0.1, 0.15) is 44.2 Å². The Hall–Kier alpha value is -4.92. The molecule has 1 spiro atoms. The summed E-state index contributed by atoms with van der Waals surface area (Å²) in [5.41, 5.74) is 11.9. The first-order chi connectivity index (χ1) is 24.4. The molecule has 4 unspecified atom stereocenters. The molecule has 0 radical (unpaired) electrons. The zero-order valence-electron chi connectivity index (χ0n) is 28.4. The van der Waals surface area contributed by atoms with Crippen molar-refractivity contribution in [2.75, 3.05) is 4.90 Å². The molecule has 3 aliphatic rings. The molecule has 0 amide bonds. The van der Waals surface area contributed by atoms with E-state index in [1.54, 1.807) is 6.07 Å². The summed E-state index contributed by atoms with van der Waals surface area (Å²) in [6.07, 6.45) is 6.19. The normalized spacial score (nSPS) is 21.8. The standard InChI is InChI=1S/C47H39ClFN/c1-30-22-34-24-36(23-30)47(29-31(34)2)41-21-13-12-20-39(41)45-42(47)27-38(28-43(45)48)50(37-18-10-5-11-19-37)46-40(33-16-8-4-9-17-33)25-35(26-44(46)49)32-14-6-3-7-15-32/h3-21,25-30,34,36H,22-24H2,1-2H3. The lowest BCUT2D eigenvalue weighted by atomic mass is 9.55. The SMILES string of the molecule is CC1=CC2(c3ccccc3-c3c(Cl)cc(N(c4ccccc4)c4c(F)cc(-c5ccccc5)cc4-c4ccccc4)cc32)C2CC(C)CC1C2. The third kappa shape index (κ3) is 4.88. The minimum Gasteiger partial charge on any atom is -0.307 e. The number of anilines is 3. The Labute approximate surface area is 299 Å². The smallest absolute Gasteiger partial charge is 0.148 e. The molecule has 1 saturated carbocycles. The van der Waals surface area contributed by atoms with Gasteiger partial charge < -0.3 is 4.90 Å². The quantitative estimate of drug-likeness (QED) is 0.165. The summed E-state index contributed by atoms with van der Waals surface area (Å²) in [7, 11) is 0. The fourth-order valence-corrected chi connectivity index (χ4v) is 9.83. The van der Waals surface area contributed by atoms with Gasteiger partial charge in [-0.25, -0.2) is 4.39 Å². The van der Waals surface area contributed by atoms with Crippen LogP contribution >= 0.6 is 11.6 Å². The van der Waals surface area contributed by atoms with Crippen molar-refractivity contribution in [3.63, 3.8) is 0 Å². The number of nitrogens with zero attached hydrogens (tertiary/aromatic N) is 1. The summed E-state index contributed by atoms with van der Waals surface area (Å²) in [6.45, 7) is 4.75. The van der Waals surface area contributed by atoms with Crippen molar-refractivity contribution in [3.8, 4) is 33.4 Å². The second-order valence-electron chi connectivity index (χ2n) is 14.6. The van der Waals surface area contributed by atoms with Crippen LogP contribution < -0.4 is 4.90 Å². The van der Waals surface area contributed by atoms with E-state index in [1.165, 1.54) is 41.5 Å². The maximum atomic E-state index is 17.2. The van der Waals surface area contributed by atoms with E-state index in [-0.39, 0.29) is 11.2 Å². The number of benzene rings is 6. The number of allylic oxidation sites excluding steroid dienone is 2. The van der Waals surface area contributed by atoms with Gasteiger partial charge in [-0.05, 0) is 114 Å². The molecule has 1 nitrogen and oxygen atoms in total. The van der Waals surface area contributed by atoms with Crippen LogP contribution in [0.25, 0.3) is 33.4 Å². The number of hydrogen-bond donors (Lipinski definition) is 0. The van der Waals surface area contributed by atoms with E-state index < -0.39 is 0 Å². The lowest BCUT2D eigenvalue weighted by Crippen LogP contribution is -2.42. The first-order valence-electron chi connectivity index (χ1n) is 17.8. The van der Waals surface area contributed by atoms with Crippen molar-refractivity contribution in [1.82, 2.24) is 0 Å². The lowest BCUT2D eigenvalue weighted by molar-refractivity contribution is 0.168. The van der Waals surface area contributed by atoms with Gasteiger partial charge in [0.25, 0.3) is 0 Å². The van der Waals surface area contributed by atoms with E-state index in [2.05, 4.69) is 85.5 Å². The highest BCUT2D eigenvalue weighted by atomic mass is 35.5. The monoisotopic (exact) mass is 671 g/mol. The molecule has 3 heteroatoms. The average Bonchev–Trinajstić information content (AvgIpc) is 3.42. The number of fused-ring (bicyclic) bond motifs is 8. The topological polar surface area (TPSA) is 3.24 Å². The van der Waals surface area contributed by atoms with Crippen LogP contribution in [-0.4, -0.2) is 0 Å². The molecule has 0 aromatic heterocycles. The number of rotatable bonds is 5. The van der Waals surface area contributed by atoms with E-state index in [0.717, 1.165) is 39.2 Å². The Morgan fingerprint density at radius 3 is 2.04 bits per heavy atom. The first kappa shape index (κ1) is 31.1. The fourth-order valence-electron chi connectivity index (χ4n) is 9.51. The Morgan fingerprint density at radius 1 is 0.640 bits per heavy atom. The van der Waals surface area contributed by atoms with E-state index >= 15 is 4.39 Å². The van der Waals surface area contributed by atoms with Gasteiger partial charge in [0.2, 0.25) is 0 Å². The van der Waals surface area contributed by atoms with E-state index in [9.17, 15) is 0 Å². The number of hydrogen-bond acceptors (Lipinski definition) is 1. The molecule has 2 bridgehead atoms. The molecule has 50 heavy (non-hydrogen) atoms. The van der Waals surface area contributed by atoms with Crippen molar-refractivity contribution in [3.05, 3.63) is 173 Å². The molecule has 6 aromatic carbocycles. The lowest BCUT2D eigenvalue weighted by Gasteiger charge is -2.49. The van der Waals surface area contributed by atoms with E-state index in [0.29, 0.717) is 28.5 Å². The van der Waals surface area contributed by atoms with Crippen LogP contribution in [0.5, 0.6) is 0 Å². The van der Waals surface area contributed by atoms with Gasteiger partial charge in [-0.3, -0.25) is 0 Å². The summed E-state index contributed by atoms with van der Waals surface area (Å²) < 4.78 is 17.2. The fraction of sp³-hybridized carbons (Fsp3) is 0.191. The summed E-state index contributed by atoms with van der Waals surface area (Å²) in [5, 5.41) is 0.697. The van der Waals surface area contributed by atoms with Crippen molar-refractivity contribution in [1.29, 1.82) is 0 Å². The Kier molecular flexibility index (Phi) is 7.55. The number of halogens is 2. The maximum Gasteiger partial charge on any atom is 0.148 e. The molecule has 0 saturated heterocycles. The van der Waals surface area contributed by atoms with Crippen LogP contribution in [0, 0.1) is 23.6 Å². The minimum atomic E-state index is -0.291. The second kappa shape index (κ2) is 12.1. The molecular formula is C47H39ClFN. The summed E-state index contributed by atoms with van der Waals surface area (Å²) >= 11 is 7.48. The van der Waals surface area contributed by atoms with Gasteiger partial charge in [-0.1, -0.05) is 133 Å². The highest BCUT2D eigenvalue weighted by Gasteiger charge is 2.52. The van der Waals surface area contributed by atoms with Crippen molar-refractivity contribution in [2.45, 2.75) is 38.5 Å². The minimum absolute atomic E-state index is 0.291. The van der Waals surface area contributed by atoms with Crippen LogP contribution in [0.15, 0.2) is 151 Å². The highest BCUT2D eigenvalue weighted by Crippen LogP contribution is 2.63. The van der Waals surface area contributed by atoms with Crippen LogP contribution in [0.3, 0.4) is 0 Å². The van der Waals surface area contributed by atoms with Gasteiger partial charge >= 0.3 is 0 Å². The molecular weight excluding hydrogens is 633 g/mol. The van der Waals surface area contributed by atoms with Gasteiger partial charge in [0.1, 0.15) is 5.82 Å². The summed E-state index contributed by atoms with van der Waals surface area (Å²) in [6, 6.07) is 47.4. The Balaban J connectivity index is 1.33. The molecule has 246 valence electrons. The predicted molar refractivity (Wildman–Crippen MR) is 207 cm³/mol. The highest BCUT2D eigenvalue weighted by molar-refractivity contribution is 6.34. The largest absolute Gasteiger partial charge is 0.307 e. The third-order valence-electron chi connectivity index (χ3n) is 11.6. The van der Waals surface area contributed by atoms with Gasteiger partial charge in [0, 0.05) is 27.9 Å². The summed E-state index contributed by atoms with van der Waals surface area (Å²) in [5.74, 6) is 1.44. The zero-order chi connectivity index (χ0) is 34.0. The molecule has 4 atom stereocenters. The molecule has 1 fully saturated rings. The summed E-state index contributed by atoms with van der Waals surface area (Å²) in [4.78, 5) is 2.08. The molecule has 0 heterocycles. The van der Waals surface area contributed by atoms with Crippen LogP contribution in [0.2, 0.25) is 5.02 Å². The van der Waals surface area contributed by atoms with E-state index in [1.807, 2.05) is 72.8 Å². The molecule has 9 rings (SSSR count).